The Balaban J connectivity index is 0. The summed E-state index contributed by atoms with van der Waals surface area (Å²) in [6.07, 6.45) is 1.69. The predicted molar refractivity (Wildman–Crippen MR) is 64.6 cm³/mol. The molecule has 0 atom stereocenters. The van der Waals surface area contributed by atoms with Crippen molar-refractivity contribution in [1.29, 1.82) is 0 Å². The normalized spacial score (nSPS) is 8.56. The van der Waals surface area contributed by atoms with Crippen LogP contribution in [0, 0.1) is 23.3 Å². The van der Waals surface area contributed by atoms with Crippen molar-refractivity contribution >= 4 is 34.2 Å². The van der Waals surface area contributed by atoms with Gasteiger partial charge in [0.05, 0.1) is 4.47 Å². The van der Waals surface area contributed by atoms with Gasteiger partial charge in [-0.1, -0.05) is 13.8 Å². The van der Waals surface area contributed by atoms with Crippen molar-refractivity contribution in [3.63, 3.8) is 0 Å². The standard InChI is InChI=1S/C6H2BrF4N.C2H6.CH4S/c7-1-2(8)4(10)6(12)5(11)3(1)9;2*1-2/h12H2;1-2H3;2H,1H3. The zero-order chi connectivity index (χ0) is 13.5. The summed E-state index contributed by atoms with van der Waals surface area (Å²) < 4.78 is 49.1. The van der Waals surface area contributed by atoms with Crippen LogP contribution < -0.4 is 5.73 Å². The molecule has 1 aromatic carbocycles. The largest absolute Gasteiger partial charge is 0.394 e. The number of nitrogens with two attached hydrogens (primary N) is 1. The van der Waals surface area contributed by atoms with Crippen LogP contribution in [0.1, 0.15) is 13.8 Å². The smallest absolute Gasteiger partial charge is 0.186 e. The molecule has 0 fully saturated rings. The third kappa shape index (κ3) is 3.86. The van der Waals surface area contributed by atoms with E-state index in [1.165, 1.54) is 0 Å². The van der Waals surface area contributed by atoms with Gasteiger partial charge in [0.25, 0.3) is 0 Å². The van der Waals surface area contributed by atoms with Gasteiger partial charge in [-0.2, -0.15) is 12.6 Å². The summed E-state index contributed by atoms with van der Waals surface area (Å²) >= 11 is 5.86. The summed E-state index contributed by atoms with van der Waals surface area (Å²) in [6, 6.07) is 0. The Labute approximate surface area is 106 Å². The lowest BCUT2D eigenvalue weighted by molar-refractivity contribution is 0.452. The summed E-state index contributed by atoms with van der Waals surface area (Å²) in [5, 5.41) is 0. The Morgan fingerprint density at radius 3 is 1.38 bits per heavy atom. The van der Waals surface area contributed by atoms with Crippen molar-refractivity contribution in [3.05, 3.63) is 27.7 Å². The van der Waals surface area contributed by atoms with Gasteiger partial charge in [0.1, 0.15) is 5.69 Å². The van der Waals surface area contributed by atoms with Crippen LogP contribution >= 0.6 is 28.6 Å². The van der Waals surface area contributed by atoms with E-state index in [2.05, 4.69) is 28.6 Å². The van der Waals surface area contributed by atoms with Crippen molar-refractivity contribution in [1.82, 2.24) is 0 Å². The van der Waals surface area contributed by atoms with Crippen LogP contribution in [0.4, 0.5) is 23.2 Å². The molecule has 0 aromatic heterocycles. The van der Waals surface area contributed by atoms with Crippen molar-refractivity contribution < 1.29 is 17.6 Å². The van der Waals surface area contributed by atoms with E-state index in [1.807, 2.05) is 13.8 Å². The Kier molecular flexibility index (Phi) is 9.75. The molecule has 0 aliphatic rings. The lowest BCUT2D eigenvalue weighted by Crippen LogP contribution is -2.03. The Morgan fingerprint density at radius 2 is 1.12 bits per heavy atom. The number of halogens is 5. The third-order valence-corrected chi connectivity index (χ3v) is 1.94. The van der Waals surface area contributed by atoms with Crippen LogP contribution in [0.5, 0.6) is 0 Å². The molecule has 7 heteroatoms. The molecule has 16 heavy (non-hydrogen) atoms. The summed E-state index contributed by atoms with van der Waals surface area (Å²) in [4.78, 5) is 0. The van der Waals surface area contributed by atoms with Crippen molar-refractivity contribution in [2.45, 2.75) is 13.8 Å². The lowest BCUT2D eigenvalue weighted by Gasteiger charge is -2.03. The molecule has 1 rings (SSSR count). The monoisotopic (exact) mass is 321 g/mol. The number of anilines is 1. The molecule has 0 unspecified atom stereocenters. The average molecular weight is 322 g/mol. The minimum Gasteiger partial charge on any atom is -0.394 e. The van der Waals surface area contributed by atoms with E-state index in [4.69, 9.17) is 5.73 Å². The van der Waals surface area contributed by atoms with E-state index < -0.39 is 33.4 Å². The maximum Gasteiger partial charge on any atom is 0.186 e. The minimum atomic E-state index is -1.60. The van der Waals surface area contributed by atoms with Gasteiger partial charge >= 0.3 is 0 Å². The highest BCUT2D eigenvalue weighted by Gasteiger charge is 2.21. The molecule has 0 aliphatic carbocycles. The molecule has 0 aliphatic heterocycles. The van der Waals surface area contributed by atoms with Gasteiger partial charge in [0.15, 0.2) is 23.3 Å². The average Bonchev–Trinajstić information content (AvgIpc) is 2.36. The zero-order valence-electron chi connectivity index (χ0n) is 8.91. The first-order valence-corrected chi connectivity index (χ1v) is 5.87. The molecular formula is C9H12BrF4NS. The summed E-state index contributed by atoms with van der Waals surface area (Å²) in [6.45, 7) is 4.00. The first-order valence-electron chi connectivity index (χ1n) is 4.18. The molecule has 1 aromatic rings. The van der Waals surface area contributed by atoms with Crippen molar-refractivity contribution in [2.75, 3.05) is 12.0 Å². The summed E-state index contributed by atoms with van der Waals surface area (Å²) in [7, 11) is 0. The van der Waals surface area contributed by atoms with Crippen LogP contribution in [-0.2, 0) is 0 Å². The summed E-state index contributed by atoms with van der Waals surface area (Å²) in [5.41, 5.74) is 3.54. The SMILES string of the molecule is CC.CS.Nc1c(F)c(F)c(Br)c(F)c1F. The molecule has 0 bridgehead atoms. The molecule has 0 saturated heterocycles. The molecule has 0 saturated carbocycles. The van der Waals surface area contributed by atoms with Crippen LogP contribution in [0.25, 0.3) is 0 Å². The fourth-order valence-corrected chi connectivity index (χ4v) is 0.970. The molecule has 0 radical (unpaired) electrons. The van der Waals surface area contributed by atoms with Crippen LogP contribution in [0.2, 0.25) is 0 Å². The number of thiol groups is 1. The Bertz CT molecular complexity index is 242. The second-order valence-corrected chi connectivity index (χ2v) is 2.78. The first-order chi connectivity index (χ1) is 7.46. The van der Waals surface area contributed by atoms with E-state index in [9.17, 15) is 17.6 Å². The number of hydrogen-bond donors (Lipinski definition) is 2. The maximum absolute atomic E-state index is 12.5. The van der Waals surface area contributed by atoms with E-state index in [0.717, 1.165) is 0 Å². The fourth-order valence-electron chi connectivity index (χ4n) is 0.622. The maximum atomic E-state index is 12.5. The number of rotatable bonds is 0. The number of hydrogen-bond acceptors (Lipinski definition) is 2. The van der Waals surface area contributed by atoms with Gasteiger partial charge in [-0.15, -0.1) is 0 Å². The quantitative estimate of drug-likeness (QED) is 0.242. The van der Waals surface area contributed by atoms with Crippen molar-refractivity contribution in [2.24, 2.45) is 0 Å². The van der Waals surface area contributed by atoms with Gasteiger partial charge < -0.3 is 5.73 Å². The molecule has 0 spiro atoms. The second-order valence-electron chi connectivity index (χ2n) is 1.98. The van der Waals surface area contributed by atoms with E-state index in [-0.39, 0.29) is 0 Å². The molecule has 1 nitrogen and oxygen atoms in total. The van der Waals surface area contributed by atoms with E-state index in [1.54, 1.807) is 6.26 Å². The summed E-state index contributed by atoms with van der Waals surface area (Å²) in [5.74, 6) is -6.26. The number of nitrogen functional groups attached to an aromatic ring is 1. The molecular weight excluding hydrogens is 310 g/mol. The molecule has 2 N–H and O–H groups in total. The number of benzene rings is 1. The van der Waals surface area contributed by atoms with Crippen LogP contribution in [0.3, 0.4) is 0 Å². The van der Waals surface area contributed by atoms with Crippen LogP contribution in [-0.4, -0.2) is 6.26 Å². The van der Waals surface area contributed by atoms with Gasteiger partial charge in [0.2, 0.25) is 0 Å². The second kappa shape index (κ2) is 8.69. The zero-order valence-corrected chi connectivity index (χ0v) is 11.4. The van der Waals surface area contributed by atoms with Crippen LogP contribution in [0.15, 0.2) is 4.47 Å². The Morgan fingerprint density at radius 1 is 0.875 bits per heavy atom. The topological polar surface area (TPSA) is 26.0 Å². The van der Waals surface area contributed by atoms with E-state index in [0.29, 0.717) is 0 Å². The minimum absolute atomic E-state index is 0.897. The van der Waals surface area contributed by atoms with Gasteiger partial charge in [-0.3, -0.25) is 0 Å². The van der Waals surface area contributed by atoms with Gasteiger partial charge in [0, 0.05) is 0 Å². The molecule has 0 amide bonds. The highest BCUT2D eigenvalue weighted by Crippen LogP contribution is 2.29. The Hall–Kier alpha value is -0.430. The first kappa shape index (κ1) is 17.9. The highest BCUT2D eigenvalue weighted by molar-refractivity contribution is 9.10. The predicted octanol–water partition coefficient (Wildman–Crippen LogP) is 4.16. The fraction of sp³-hybridized carbons (Fsp3) is 0.333. The third-order valence-electron chi connectivity index (χ3n) is 1.24. The molecule has 94 valence electrons. The van der Waals surface area contributed by atoms with Gasteiger partial charge in [-0.05, 0) is 22.2 Å². The van der Waals surface area contributed by atoms with Crippen molar-refractivity contribution in [3.8, 4) is 0 Å². The molecule has 0 heterocycles. The van der Waals surface area contributed by atoms with Gasteiger partial charge in [-0.25, -0.2) is 17.6 Å². The van der Waals surface area contributed by atoms with E-state index >= 15 is 0 Å². The highest BCUT2D eigenvalue weighted by atomic mass is 79.9. The lowest BCUT2D eigenvalue weighted by atomic mass is 10.3.